The molecule has 34 heavy (non-hydrogen) atoms. The Morgan fingerprint density at radius 1 is 1.15 bits per heavy atom. The van der Waals surface area contributed by atoms with Gasteiger partial charge in [-0.05, 0) is 47.9 Å². The Morgan fingerprint density at radius 2 is 1.85 bits per heavy atom. The molecule has 0 aromatic heterocycles. The Morgan fingerprint density at radius 3 is 2.50 bits per heavy atom. The van der Waals surface area contributed by atoms with E-state index in [4.69, 9.17) is 4.74 Å². The summed E-state index contributed by atoms with van der Waals surface area (Å²) in [4.78, 5) is 39.0. The normalized spacial score (nSPS) is 21.9. The number of aryl methyl sites for hydroxylation is 2. The summed E-state index contributed by atoms with van der Waals surface area (Å²) < 4.78 is 5.22. The van der Waals surface area contributed by atoms with Crippen molar-refractivity contribution in [1.82, 2.24) is 10.2 Å². The predicted molar refractivity (Wildman–Crippen MR) is 124 cm³/mol. The molecular weight excluding hydrogens is 436 g/mol. The molecule has 0 bridgehead atoms. The number of carbonyl (C=O) groups is 3. The van der Waals surface area contributed by atoms with E-state index in [-0.39, 0.29) is 18.9 Å². The maximum Gasteiger partial charge on any atom is 0.339 e. The van der Waals surface area contributed by atoms with Gasteiger partial charge in [0, 0.05) is 18.5 Å². The average molecular weight is 467 g/mol. The van der Waals surface area contributed by atoms with Gasteiger partial charge in [-0.1, -0.05) is 56.3 Å². The van der Waals surface area contributed by atoms with Gasteiger partial charge in [-0.2, -0.15) is 0 Å². The molecule has 2 unspecified atom stereocenters. The third-order valence-corrected chi connectivity index (χ3v) is 6.38. The lowest BCUT2D eigenvalue weighted by atomic mass is 9.89. The number of esters is 1. The molecule has 2 aromatic rings. The molecule has 1 aliphatic heterocycles. The Balaban J connectivity index is 1.59. The fourth-order valence-electron chi connectivity index (χ4n) is 4.70. The molecular formula is C26H30N2O6. The number of amides is 2. The number of aliphatic hydroxyl groups is 1. The fraction of sp³-hybridized carbons (Fsp3) is 0.423. The van der Waals surface area contributed by atoms with Crippen LogP contribution in [0.1, 0.15) is 42.5 Å². The van der Waals surface area contributed by atoms with Crippen LogP contribution >= 0.6 is 0 Å². The van der Waals surface area contributed by atoms with E-state index in [0.717, 1.165) is 30.4 Å². The van der Waals surface area contributed by atoms with Gasteiger partial charge in [-0.15, -0.1) is 0 Å². The quantitative estimate of drug-likeness (QED) is 0.515. The van der Waals surface area contributed by atoms with Gasteiger partial charge in [-0.3, -0.25) is 0 Å². The minimum Gasteiger partial charge on any atom is -0.480 e. The van der Waals surface area contributed by atoms with E-state index in [0.29, 0.717) is 5.56 Å². The fourth-order valence-corrected chi connectivity index (χ4v) is 4.70. The van der Waals surface area contributed by atoms with E-state index in [1.807, 2.05) is 32.0 Å². The topological polar surface area (TPSA) is 116 Å². The van der Waals surface area contributed by atoms with Crippen LogP contribution in [0.2, 0.25) is 0 Å². The average Bonchev–Trinajstić information content (AvgIpc) is 3.26. The summed E-state index contributed by atoms with van der Waals surface area (Å²) in [5, 5.41) is 23.6. The second-order valence-corrected chi connectivity index (χ2v) is 9.43. The second-order valence-electron chi connectivity index (χ2n) is 9.43. The van der Waals surface area contributed by atoms with Crippen molar-refractivity contribution in [3.05, 3.63) is 70.8 Å². The smallest absolute Gasteiger partial charge is 0.339 e. The van der Waals surface area contributed by atoms with Crippen molar-refractivity contribution >= 4 is 18.0 Å². The summed E-state index contributed by atoms with van der Waals surface area (Å²) in [6.07, 6.45) is 2.97. The van der Waals surface area contributed by atoms with Crippen LogP contribution < -0.4 is 5.32 Å². The highest BCUT2D eigenvalue weighted by atomic mass is 16.7. The molecule has 2 aliphatic rings. The lowest BCUT2D eigenvalue weighted by Crippen LogP contribution is -2.70. The number of carboxylic acids is 1. The number of hydrogen-bond acceptors (Lipinski definition) is 5. The number of fused-ring (bicyclic) bond motifs is 1. The standard InChI is InChI=1S/C26H30N2O6/c1-16(2)15-28(25(32)27-21(23(29)30)13-17-7-4-3-5-8-17)22-24(31)34-26(22,33)20-12-11-18-9-6-10-19(18)14-20/h3-5,7-8,11-12,14,16,21-22,33H,6,9-10,13,15H2,1-2H3,(H,27,32)(H,29,30)/t21-,22?,26?/m0/s1. The molecule has 1 heterocycles. The monoisotopic (exact) mass is 466 g/mol. The highest BCUT2D eigenvalue weighted by Gasteiger charge is 2.61. The minimum atomic E-state index is -1.99. The minimum absolute atomic E-state index is 0.0409. The number of nitrogens with zero attached hydrogens (tertiary/aromatic N) is 1. The molecule has 1 saturated heterocycles. The third-order valence-electron chi connectivity index (χ3n) is 6.38. The van der Waals surface area contributed by atoms with Crippen LogP contribution in [0.4, 0.5) is 4.79 Å². The predicted octanol–water partition coefficient (Wildman–Crippen LogP) is 2.61. The number of nitrogens with one attached hydrogen (secondary N) is 1. The first-order valence-electron chi connectivity index (χ1n) is 11.6. The summed E-state index contributed by atoms with van der Waals surface area (Å²) >= 11 is 0. The number of carboxylic acid groups (broad SMARTS) is 1. The maximum atomic E-state index is 13.3. The summed E-state index contributed by atoms with van der Waals surface area (Å²) in [6.45, 7) is 3.88. The van der Waals surface area contributed by atoms with Crippen LogP contribution in [0.3, 0.4) is 0 Å². The number of benzene rings is 2. The van der Waals surface area contributed by atoms with Crippen LogP contribution in [0.15, 0.2) is 48.5 Å². The largest absolute Gasteiger partial charge is 0.480 e. The van der Waals surface area contributed by atoms with Crippen molar-refractivity contribution < 1.29 is 29.3 Å². The molecule has 0 radical (unpaired) electrons. The Labute approximate surface area is 198 Å². The number of rotatable bonds is 8. The molecule has 2 aromatic carbocycles. The number of urea groups is 1. The molecule has 0 spiro atoms. The number of cyclic esters (lactones) is 1. The van der Waals surface area contributed by atoms with Crippen LogP contribution in [-0.4, -0.2) is 51.7 Å². The van der Waals surface area contributed by atoms with E-state index in [2.05, 4.69) is 5.32 Å². The Kier molecular flexibility index (Phi) is 6.61. The van der Waals surface area contributed by atoms with Gasteiger partial charge in [0.15, 0.2) is 0 Å². The first-order chi connectivity index (χ1) is 16.2. The van der Waals surface area contributed by atoms with Crippen LogP contribution in [0.5, 0.6) is 0 Å². The van der Waals surface area contributed by atoms with Crippen molar-refractivity contribution in [1.29, 1.82) is 0 Å². The van der Waals surface area contributed by atoms with Gasteiger partial charge >= 0.3 is 18.0 Å². The van der Waals surface area contributed by atoms with Gasteiger partial charge in [0.05, 0.1) is 0 Å². The number of aliphatic carboxylic acids is 1. The number of carbonyl (C=O) groups excluding carboxylic acids is 2. The zero-order valence-corrected chi connectivity index (χ0v) is 19.4. The zero-order chi connectivity index (χ0) is 24.5. The lowest BCUT2D eigenvalue weighted by Gasteiger charge is -2.48. The zero-order valence-electron chi connectivity index (χ0n) is 19.4. The summed E-state index contributed by atoms with van der Waals surface area (Å²) in [5.41, 5.74) is 3.47. The number of ether oxygens (including phenoxy) is 1. The van der Waals surface area contributed by atoms with Gasteiger partial charge in [-0.25, -0.2) is 14.4 Å². The third kappa shape index (κ3) is 4.63. The summed E-state index contributed by atoms with van der Waals surface area (Å²) in [6, 6.07) is 11.2. The summed E-state index contributed by atoms with van der Waals surface area (Å²) in [7, 11) is 0. The van der Waals surface area contributed by atoms with E-state index in [1.165, 1.54) is 10.5 Å². The van der Waals surface area contributed by atoms with Crippen molar-refractivity contribution in [3.63, 3.8) is 0 Å². The van der Waals surface area contributed by atoms with E-state index >= 15 is 0 Å². The Hall–Kier alpha value is -3.39. The molecule has 2 amide bonds. The molecule has 180 valence electrons. The highest BCUT2D eigenvalue weighted by Crippen LogP contribution is 2.41. The van der Waals surface area contributed by atoms with Crippen LogP contribution in [-0.2, 0) is 39.4 Å². The molecule has 1 fully saturated rings. The molecule has 3 atom stereocenters. The van der Waals surface area contributed by atoms with Crippen molar-refractivity contribution in [2.75, 3.05) is 6.54 Å². The van der Waals surface area contributed by atoms with Crippen molar-refractivity contribution in [2.45, 2.75) is 57.4 Å². The first-order valence-corrected chi connectivity index (χ1v) is 11.6. The summed E-state index contributed by atoms with van der Waals surface area (Å²) in [5.74, 6) is -3.94. The van der Waals surface area contributed by atoms with Gasteiger partial charge in [0.25, 0.3) is 5.79 Å². The molecule has 8 heteroatoms. The lowest BCUT2D eigenvalue weighted by molar-refractivity contribution is -0.294. The second kappa shape index (κ2) is 9.46. The van der Waals surface area contributed by atoms with Gasteiger partial charge in [0.1, 0.15) is 6.04 Å². The van der Waals surface area contributed by atoms with Crippen molar-refractivity contribution in [3.8, 4) is 0 Å². The Bertz CT molecular complexity index is 1090. The van der Waals surface area contributed by atoms with Crippen molar-refractivity contribution in [2.24, 2.45) is 5.92 Å². The number of hydrogen-bond donors (Lipinski definition) is 3. The SMILES string of the molecule is CC(C)CN(C(=O)N[C@@H](Cc1ccccc1)C(=O)O)C1C(=O)OC1(O)c1ccc2c(c1)CCC2. The van der Waals surface area contributed by atoms with Crippen LogP contribution in [0, 0.1) is 5.92 Å². The highest BCUT2D eigenvalue weighted by molar-refractivity contribution is 5.90. The van der Waals surface area contributed by atoms with Gasteiger partial charge < -0.3 is 25.2 Å². The van der Waals surface area contributed by atoms with E-state index in [9.17, 15) is 24.6 Å². The van der Waals surface area contributed by atoms with E-state index in [1.54, 1.807) is 30.3 Å². The first kappa shape index (κ1) is 23.8. The maximum absolute atomic E-state index is 13.3. The molecule has 3 N–H and O–H groups in total. The molecule has 8 nitrogen and oxygen atoms in total. The molecule has 1 aliphatic carbocycles. The van der Waals surface area contributed by atoms with Crippen LogP contribution in [0.25, 0.3) is 0 Å². The molecule has 4 rings (SSSR count). The molecule has 0 saturated carbocycles. The van der Waals surface area contributed by atoms with Gasteiger partial charge in [0.2, 0.25) is 6.04 Å². The van der Waals surface area contributed by atoms with E-state index < -0.39 is 35.8 Å².